The zero-order valence-electron chi connectivity index (χ0n) is 12.2. The van der Waals surface area contributed by atoms with E-state index < -0.39 is 17.6 Å². The molecule has 21 heavy (non-hydrogen) atoms. The molecule has 0 aliphatic rings. The van der Waals surface area contributed by atoms with Crippen molar-refractivity contribution in [3.05, 3.63) is 35.4 Å². The van der Waals surface area contributed by atoms with Gasteiger partial charge in [0.15, 0.2) is 0 Å². The van der Waals surface area contributed by atoms with Crippen LogP contribution in [0.15, 0.2) is 24.3 Å². The van der Waals surface area contributed by atoms with E-state index in [0.29, 0.717) is 13.1 Å². The van der Waals surface area contributed by atoms with Gasteiger partial charge in [0.05, 0.1) is 5.56 Å². The summed E-state index contributed by atoms with van der Waals surface area (Å²) in [6.45, 7) is 4.54. The summed E-state index contributed by atoms with van der Waals surface area (Å²) in [7, 11) is 1.56. The van der Waals surface area contributed by atoms with E-state index in [4.69, 9.17) is 5.73 Å². The van der Waals surface area contributed by atoms with Crippen LogP contribution in [0.3, 0.4) is 0 Å². The topological polar surface area (TPSA) is 46.3 Å². The third kappa shape index (κ3) is 5.55. The molecule has 0 aromatic heterocycles. The quantitative estimate of drug-likeness (QED) is 0.924. The molecule has 0 saturated heterocycles. The molecule has 1 rings (SSSR count). The van der Waals surface area contributed by atoms with Gasteiger partial charge in [0.2, 0.25) is 0 Å². The Kier molecular flexibility index (Phi) is 6.70. The van der Waals surface area contributed by atoms with Gasteiger partial charge < -0.3 is 10.6 Å². The maximum absolute atomic E-state index is 12.6. The number of carbonyl (C=O) groups excluding carboxylic acids is 1. The minimum Gasteiger partial charge on any atom is -0.341 e. The second-order valence-electron chi connectivity index (χ2n) is 5.61. The lowest BCUT2D eigenvalue weighted by Crippen LogP contribution is -2.39. The smallest absolute Gasteiger partial charge is 0.341 e. The Hall–Kier alpha value is -1.27. The molecular weight excluding hydrogens is 305 g/mol. The summed E-state index contributed by atoms with van der Waals surface area (Å²) in [5.41, 5.74) is 4.50. The molecule has 0 bridgehead atoms. The summed E-state index contributed by atoms with van der Waals surface area (Å²) >= 11 is 0. The number of rotatable bonds is 4. The fourth-order valence-electron chi connectivity index (χ4n) is 1.83. The van der Waals surface area contributed by atoms with Crippen molar-refractivity contribution in [1.82, 2.24) is 4.90 Å². The van der Waals surface area contributed by atoms with E-state index in [1.54, 1.807) is 7.05 Å². The summed E-state index contributed by atoms with van der Waals surface area (Å²) < 4.78 is 37.9. The zero-order valence-corrected chi connectivity index (χ0v) is 13.0. The molecule has 120 valence electrons. The van der Waals surface area contributed by atoms with Gasteiger partial charge in [0, 0.05) is 19.2 Å². The molecular formula is C14H20ClF3N2O. The molecule has 0 unspecified atom stereocenters. The second kappa shape index (κ2) is 7.13. The highest BCUT2D eigenvalue weighted by molar-refractivity contribution is 5.94. The van der Waals surface area contributed by atoms with Crippen molar-refractivity contribution in [2.24, 2.45) is 11.1 Å². The molecule has 0 aliphatic carbocycles. The van der Waals surface area contributed by atoms with E-state index in [2.05, 4.69) is 0 Å². The summed E-state index contributed by atoms with van der Waals surface area (Å²) in [6.07, 6.45) is -4.45. The van der Waals surface area contributed by atoms with Crippen molar-refractivity contribution in [2.75, 3.05) is 20.1 Å². The predicted molar refractivity (Wildman–Crippen MR) is 78.5 cm³/mol. The van der Waals surface area contributed by atoms with E-state index in [0.717, 1.165) is 12.1 Å². The zero-order chi connectivity index (χ0) is 15.6. The minimum absolute atomic E-state index is 0. The lowest BCUT2D eigenvalue weighted by Gasteiger charge is -2.29. The molecule has 0 aliphatic heterocycles. The molecule has 0 atom stereocenters. The van der Waals surface area contributed by atoms with Crippen molar-refractivity contribution in [1.29, 1.82) is 0 Å². The predicted octanol–water partition coefficient (Wildman–Crippen LogP) is 3.18. The van der Waals surface area contributed by atoms with Crippen molar-refractivity contribution >= 4 is 18.3 Å². The second-order valence-corrected chi connectivity index (χ2v) is 5.61. The first-order valence-electron chi connectivity index (χ1n) is 6.19. The number of hydrogen-bond donors (Lipinski definition) is 1. The van der Waals surface area contributed by atoms with Gasteiger partial charge in [-0.25, -0.2) is 0 Å². The van der Waals surface area contributed by atoms with Crippen LogP contribution in [0.1, 0.15) is 29.8 Å². The number of hydrogen-bond acceptors (Lipinski definition) is 2. The van der Waals surface area contributed by atoms with Gasteiger partial charge in [-0.15, -0.1) is 12.4 Å². The first-order chi connectivity index (χ1) is 9.07. The first-order valence-corrected chi connectivity index (χ1v) is 6.19. The van der Waals surface area contributed by atoms with Crippen LogP contribution in [0.2, 0.25) is 0 Å². The van der Waals surface area contributed by atoms with E-state index in [1.165, 1.54) is 17.0 Å². The molecule has 1 amide bonds. The third-order valence-electron chi connectivity index (χ3n) is 3.00. The standard InChI is InChI=1S/C14H19F3N2O.ClH/c1-13(2,8-18)9-19(3)12(20)10-5-4-6-11(7-10)14(15,16)17;/h4-7H,8-9,18H2,1-3H3;1H. The average Bonchev–Trinajstić information content (AvgIpc) is 2.36. The maximum Gasteiger partial charge on any atom is 0.416 e. The highest BCUT2D eigenvalue weighted by atomic mass is 35.5. The van der Waals surface area contributed by atoms with Gasteiger partial charge >= 0.3 is 6.18 Å². The van der Waals surface area contributed by atoms with Gasteiger partial charge in [-0.05, 0) is 30.2 Å². The Labute approximate surface area is 128 Å². The van der Waals surface area contributed by atoms with Crippen LogP contribution in [0.5, 0.6) is 0 Å². The summed E-state index contributed by atoms with van der Waals surface area (Å²) in [5.74, 6) is -0.447. The number of carbonyl (C=O) groups is 1. The minimum atomic E-state index is -4.45. The lowest BCUT2D eigenvalue weighted by molar-refractivity contribution is -0.137. The van der Waals surface area contributed by atoms with Gasteiger partial charge in [-0.1, -0.05) is 19.9 Å². The Balaban J connectivity index is 0.00000400. The van der Waals surface area contributed by atoms with Gasteiger partial charge in [-0.3, -0.25) is 4.79 Å². The summed E-state index contributed by atoms with van der Waals surface area (Å²) in [6, 6.07) is 4.43. The van der Waals surface area contributed by atoms with Crippen LogP contribution in [-0.2, 0) is 6.18 Å². The largest absolute Gasteiger partial charge is 0.416 e. The maximum atomic E-state index is 12.6. The highest BCUT2D eigenvalue weighted by Crippen LogP contribution is 2.29. The Morgan fingerprint density at radius 2 is 1.86 bits per heavy atom. The normalized spacial score (nSPS) is 11.8. The molecule has 1 aromatic carbocycles. The first kappa shape index (κ1) is 19.7. The van der Waals surface area contributed by atoms with Gasteiger partial charge in [0.1, 0.15) is 0 Å². The van der Waals surface area contributed by atoms with E-state index in [1.807, 2.05) is 13.8 Å². The third-order valence-corrected chi connectivity index (χ3v) is 3.00. The van der Waals surface area contributed by atoms with Crippen molar-refractivity contribution < 1.29 is 18.0 Å². The monoisotopic (exact) mass is 324 g/mol. The SMILES string of the molecule is CN(CC(C)(C)CN)C(=O)c1cccc(C(F)(F)F)c1.Cl. The Morgan fingerprint density at radius 1 is 1.29 bits per heavy atom. The number of halogens is 4. The highest BCUT2D eigenvalue weighted by Gasteiger charge is 2.31. The van der Waals surface area contributed by atoms with Crippen LogP contribution in [0.25, 0.3) is 0 Å². The molecule has 3 nitrogen and oxygen atoms in total. The number of alkyl halides is 3. The number of amides is 1. The van der Waals surface area contributed by atoms with Gasteiger partial charge in [0.25, 0.3) is 5.91 Å². The molecule has 0 fully saturated rings. The van der Waals surface area contributed by atoms with Crippen molar-refractivity contribution in [3.8, 4) is 0 Å². The summed E-state index contributed by atoms with van der Waals surface area (Å²) in [5, 5.41) is 0. The molecule has 1 aromatic rings. The lowest BCUT2D eigenvalue weighted by atomic mass is 9.93. The molecule has 0 spiro atoms. The van der Waals surface area contributed by atoms with E-state index >= 15 is 0 Å². The molecule has 0 saturated carbocycles. The molecule has 0 radical (unpaired) electrons. The summed E-state index contributed by atoms with van der Waals surface area (Å²) in [4.78, 5) is 13.5. The van der Waals surface area contributed by atoms with E-state index in [-0.39, 0.29) is 23.4 Å². The van der Waals surface area contributed by atoms with Crippen molar-refractivity contribution in [2.45, 2.75) is 20.0 Å². The van der Waals surface area contributed by atoms with Crippen LogP contribution >= 0.6 is 12.4 Å². The molecule has 0 heterocycles. The fraction of sp³-hybridized carbons (Fsp3) is 0.500. The fourth-order valence-corrected chi connectivity index (χ4v) is 1.83. The van der Waals surface area contributed by atoms with Crippen LogP contribution in [0, 0.1) is 5.41 Å². The van der Waals surface area contributed by atoms with Crippen molar-refractivity contribution in [3.63, 3.8) is 0 Å². The number of nitrogens with zero attached hydrogens (tertiary/aromatic N) is 1. The van der Waals surface area contributed by atoms with Crippen LogP contribution < -0.4 is 5.73 Å². The molecule has 7 heteroatoms. The van der Waals surface area contributed by atoms with Gasteiger partial charge in [-0.2, -0.15) is 13.2 Å². The Morgan fingerprint density at radius 3 is 2.33 bits per heavy atom. The Bertz CT molecular complexity index is 489. The van der Waals surface area contributed by atoms with Crippen LogP contribution in [-0.4, -0.2) is 30.9 Å². The number of benzene rings is 1. The van der Waals surface area contributed by atoms with Crippen LogP contribution in [0.4, 0.5) is 13.2 Å². The molecule has 2 N–H and O–H groups in total. The average molecular weight is 325 g/mol. The van der Waals surface area contributed by atoms with E-state index in [9.17, 15) is 18.0 Å². The number of nitrogens with two attached hydrogens (primary N) is 1.